The Morgan fingerprint density at radius 2 is 1.53 bits per heavy atom. The van der Waals surface area contributed by atoms with Crippen molar-refractivity contribution in [3.8, 4) is 11.8 Å². The molecule has 43 heavy (non-hydrogen) atoms. The largest absolute Gasteiger partial charge is 0.492 e. The van der Waals surface area contributed by atoms with Crippen LogP contribution in [0.15, 0.2) is 77.5 Å². The van der Waals surface area contributed by atoms with E-state index in [-0.39, 0.29) is 11.8 Å². The Labute approximate surface area is 255 Å². The second kappa shape index (κ2) is 11.1. The number of aromatic nitrogens is 1. The molecule has 1 aromatic heterocycles. The molecular weight excluding hydrogens is 554 g/mol. The number of benzene rings is 2. The number of carbonyl (C=O) groups excluding carboxylic acids is 1. The molecule has 2 N–H and O–H groups in total. The fourth-order valence-electron chi connectivity index (χ4n) is 6.93. The van der Waals surface area contributed by atoms with Crippen LogP contribution >= 0.6 is 0 Å². The third-order valence-electron chi connectivity index (χ3n) is 8.99. The zero-order valence-corrected chi connectivity index (χ0v) is 27.6. The van der Waals surface area contributed by atoms with Crippen LogP contribution in [0, 0.1) is 6.92 Å². The van der Waals surface area contributed by atoms with Gasteiger partial charge in [0.1, 0.15) is 22.2 Å². The van der Waals surface area contributed by atoms with Gasteiger partial charge >= 0.3 is 5.97 Å². The highest BCUT2D eigenvalue weighted by Crippen LogP contribution is 2.50. The molecule has 5 rings (SSSR count). The van der Waals surface area contributed by atoms with Crippen molar-refractivity contribution in [1.82, 2.24) is 4.73 Å². The van der Waals surface area contributed by atoms with Crippen molar-refractivity contribution in [2.75, 3.05) is 33.1 Å². The predicted molar refractivity (Wildman–Crippen MR) is 177 cm³/mol. The monoisotopic (exact) mass is 596 g/mol. The zero-order valence-electron chi connectivity index (χ0n) is 26.6. The molecule has 3 aromatic rings. The maximum absolute atomic E-state index is 13.0. The summed E-state index contributed by atoms with van der Waals surface area (Å²) in [5, 5.41) is 22.8. The first-order chi connectivity index (χ1) is 20.3. The average molecular weight is 597 g/mol. The first-order valence-electron chi connectivity index (χ1n) is 14.7. The third-order valence-corrected chi connectivity index (χ3v) is 15.2. The quantitative estimate of drug-likeness (QED) is 0.287. The number of anilines is 1. The molecule has 0 bridgehead atoms. The summed E-state index contributed by atoms with van der Waals surface area (Å²) in [5.41, 5.74) is 9.28. The lowest BCUT2D eigenvalue weighted by molar-refractivity contribution is -0.462. The van der Waals surface area contributed by atoms with Crippen molar-refractivity contribution >= 4 is 36.2 Å². The van der Waals surface area contributed by atoms with Crippen LogP contribution in [0.1, 0.15) is 54.7 Å². The Hall–Kier alpha value is -4.30. The van der Waals surface area contributed by atoms with Crippen molar-refractivity contribution in [3.05, 3.63) is 99.8 Å². The van der Waals surface area contributed by atoms with Crippen molar-refractivity contribution in [2.24, 2.45) is 0 Å². The molecule has 1 aliphatic heterocycles. The highest BCUT2D eigenvalue weighted by atomic mass is 28.3. The van der Waals surface area contributed by atoms with Crippen LogP contribution in [-0.2, 0) is 0 Å². The fraction of sp³-hybridized carbons (Fsp3) is 0.314. The maximum Gasteiger partial charge on any atom is 0.363 e. The summed E-state index contributed by atoms with van der Waals surface area (Å²) >= 11 is 0. The van der Waals surface area contributed by atoms with E-state index in [1.165, 1.54) is 50.6 Å². The van der Waals surface area contributed by atoms with E-state index < -0.39 is 14.0 Å². The van der Waals surface area contributed by atoms with Crippen LogP contribution < -0.4 is 14.9 Å². The molecule has 8 heteroatoms. The molecule has 0 radical (unpaired) electrons. The average Bonchev–Trinajstić information content (AvgIpc) is 3.27. The van der Waals surface area contributed by atoms with Gasteiger partial charge in [-0.3, -0.25) is 0 Å². The van der Waals surface area contributed by atoms with Crippen molar-refractivity contribution < 1.29 is 24.4 Å². The molecule has 2 aliphatic rings. The number of nitrogens with zero attached hydrogens (tertiary/aromatic N) is 3. The summed E-state index contributed by atoms with van der Waals surface area (Å²) in [6.07, 6.45) is 6.91. The minimum Gasteiger partial charge on any atom is -0.492 e. The number of rotatable bonds is 6. The van der Waals surface area contributed by atoms with E-state index in [9.17, 15) is 15.0 Å². The Morgan fingerprint density at radius 1 is 0.907 bits per heavy atom. The zero-order chi connectivity index (χ0) is 31.4. The fourth-order valence-corrected chi connectivity index (χ4v) is 13.1. The number of allylic oxidation sites excluding steroid dienone is 5. The Kier molecular flexibility index (Phi) is 7.77. The van der Waals surface area contributed by atoms with Gasteiger partial charge in [-0.05, 0) is 86.6 Å². The Morgan fingerprint density at radius 3 is 2.09 bits per heavy atom. The molecule has 0 saturated carbocycles. The molecule has 2 heterocycles. The lowest BCUT2D eigenvalue weighted by Crippen LogP contribution is -2.59. The van der Waals surface area contributed by atoms with Gasteiger partial charge in [-0.2, -0.15) is 0 Å². The van der Waals surface area contributed by atoms with Gasteiger partial charge in [0.05, 0.1) is 5.56 Å². The molecule has 0 atom stereocenters. The van der Waals surface area contributed by atoms with E-state index in [1.54, 1.807) is 6.07 Å². The van der Waals surface area contributed by atoms with E-state index in [2.05, 4.69) is 102 Å². The highest BCUT2D eigenvalue weighted by Gasteiger charge is 2.51. The molecular formula is C35H42N3O4Si+. The number of fused-ring (bicyclic) bond motifs is 2. The molecule has 2 aromatic carbocycles. The van der Waals surface area contributed by atoms with Gasteiger partial charge in [-0.25, -0.2) is 9.37 Å². The van der Waals surface area contributed by atoms with E-state index in [0.29, 0.717) is 21.4 Å². The normalized spacial score (nSPS) is 15.4. The summed E-state index contributed by atoms with van der Waals surface area (Å²) in [4.78, 5) is 20.5. The molecule has 0 unspecified atom stereocenters. The minimum absolute atomic E-state index is 0.324. The van der Waals surface area contributed by atoms with Crippen molar-refractivity contribution in [2.45, 2.75) is 45.7 Å². The van der Waals surface area contributed by atoms with Gasteiger partial charge in [0, 0.05) is 44.1 Å². The maximum atomic E-state index is 13.0. The van der Waals surface area contributed by atoms with Gasteiger partial charge in [0.15, 0.2) is 5.71 Å². The molecule has 0 spiro atoms. The van der Waals surface area contributed by atoms with Crippen molar-refractivity contribution in [3.63, 3.8) is 0 Å². The molecule has 7 nitrogen and oxygen atoms in total. The van der Waals surface area contributed by atoms with Gasteiger partial charge in [-0.1, -0.05) is 39.8 Å². The number of hydrogen-bond acceptors (Lipinski definition) is 5. The standard InChI is InChI=1S/C35H41N3O4Si/c1-21(2)43(22(3)4)30-19-25(36(6)7)11-14-28(30)34(29-15-12-26(37(8)9)20-31(29)43)27-13-10-24(18-23(27)5)35(41)42-38-32(39)16-17-33(38)40/h10-22,41H,1-9H3/p+1. The second-order valence-electron chi connectivity index (χ2n) is 12.6. The van der Waals surface area contributed by atoms with Crippen LogP contribution in [0.4, 0.5) is 5.69 Å². The van der Waals surface area contributed by atoms with Crippen molar-refractivity contribution in [1.29, 1.82) is 0 Å². The summed E-state index contributed by atoms with van der Waals surface area (Å²) in [5.74, 6) is -1.40. The first kappa shape index (κ1) is 30.2. The SMILES string of the molecule is Cc1cc(C(=O)On2c(O)ccc2O)ccc1C1=C2C=CC(=[N+](C)C)C=C2[Si](C(C)C)(C(C)C)c2cc(N(C)C)ccc21. The number of carbonyl (C=O) groups is 1. The van der Waals surface area contributed by atoms with Crippen LogP contribution in [-0.4, -0.2) is 67.5 Å². The van der Waals surface area contributed by atoms with Gasteiger partial charge in [-0.15, -0.1) is 4.73 Å². The van der Waals surface area contributed by atoms with Gasteiger partial charge in [0.2, 0.25) is 11.8 Å². The minimum atomic E-state index is -2.30. The van der Waals surface area contributed by atoms with E-state index >= 15 is 0 Å². The lowest BCUT2D eigenvalue weighted by atomic mass is 9.87. The third kappa shape index (κ3) is 4.83. The van der Waals surface area contributed by atoms with E-state index in [1.807, 2.05) is 19.1 Å². The van der Waals surface area contributed by atoms with Gasteiger partial charge < -0.3 is 20.0 Å². The number of aryl methyl sites for hydroxylation is 1. The Balaban J connectivity index is 1.76. The molecule has 0 saturated heterocycles. The van der Waals surface area contributed by atoms with E-state index in [0.717, 1.165) is 11.1 Å². The van der Waals surface area contributed by atoms with Crippen LogP contribution in [0.3, 0.4) is 0 Å². The summed E-state index contributed by atoms with van der Waals surface area (Å²) in [6.45, 7) is 11.6. The smallest absolute Gasteiger partial charge is 0.363 e. The molecule has 0 amide bonds. The molecule has 224 valence electrons. The van der Waals surface area contributed by atoms with Crippen LogP contribution in [0.25, 0.3) is 5.57 Å². The van der Waals surface area contributed by atoms with E-state index in [4.69, 9.17) is 4.84 Å². The second-order valence-corrected chi connectivity index (χ2v) is 17.7. The molecule has 1 aliphatic carbocycles. The lowest BCUT2D eigenvalue weighted by Gasteiger charge is -2.48. The summed E-state index contributed by atoms with van der Waals surface area (Å²) < 4.78 is 2.89. The summed E-state index contributed by atoms with van der Waals surface area (Å²) in [7, 11) is 6.07. The van der Waals surface area contributed by atoms with Gasteiger partial charge in [0.25, 0.3) is 0 Å². The number of hydrogen-bond donors (Lipinski definition) is 2. The summed E-state index contributed by atoms with van der Waals surface area (Å²) in [6, 6.07) is 15.0. The van der Waals surface area contributed by atoms with Crippen LogP contribution in [0.5, 0.6) is 11.8 Å². The Bertz CT molecular complexity index is 1720. The molecule has 0 fully saturated rings. The topological polar surface area (TPSA) is 77.9 Å². The highest BCUT2D eigenvalue weighted by molar-refractivity contribution is 7.01. The predicted octanol–water partition coefficient (Wildman–Crippen LogP) is 5.58. The number of aromatic hydroxyl groups is 2. The first-order valence-corrected chi connectivity index (χ1v) is 16.9. The van der Waals surface area contributed by atoms with Crippen LogP contribution in [0.2, 0.25) is 11.1 Å².